The molecule has 2 aromatic rings. The lowest BCUT2D eigenvalue weighted by Gasteiger charge is -2.07. The minimum Gasteiger partial charge on any atom is -0.381 e. The maximum atomic E-state index is 10.9. The Morgan fingerprint density at radius 1 is 1.30 bits per heavy atom. The van der Waals surface area contributed by atoms with Gasteiger partial charge in [-0.1, -0.05) is 29.8 Å². The molecule has 0 heterocycles. The standard InChI is InChI=1S/C15H13N3O2/c1-11-3-2-4-12(7-11)10-17-14-6-5-13(9-16)15(8-14)18(19)20/h2-8,17H,10H2,1H3. The molecule has 0 aliphatic carbocycles. The van der Waals surface area contributed by atoms with Crippen LogP contribution in [0.3, 0.4) is 0 Å². The molecule has 0 spiro atoms. The monoisotopic (exact) mass is 267 g/mol. The summed E-state index contributed by atoms with van der Waals surface area (Å²) in [6, 6.07) is 14.3. The summed E-state index contributed by atoms with van der Waals surface area (Å²) >= 11 is 0. The number of benzene rings is 2. The van der Waals surface area contributed by atoms with E-state index in [4.69, 9.17) is 5.26 Å². The predicted molar refractivity (Wildman–Crippen MR) is 76.3 cm³/mol. The number of hydrogen-bond donors (Lipinski definition) is 1. The minimum absolute atomic E-state index is 0.0658. The van der Waals surface area contributed by atoms with Crippen molar-refractivity contribution in [2.75, 3.05) is 5.32 Å². The van der Waals surface area contributed by atoms with Gasteiger partial charge in [0.05, 0.1) is 4.92 Å². The van der Waals surface area contributed by atoms with Crippen LogP contribution in [0.2, 0.25) is 0 Å². The molecule has 5 heteroatoms. The largest absolute Gasteiger partial charge is 0.381 e. The van der Waals surface area contributed by atoms with Gasteiger partial charge in [-0.25, -0.2) is 0 Å². The van der Waals surface area contributed by atoms with Crippen LogP contribution in [-0.4, -0.2) is 4.92 Å². The summed E-state index contributed by atoms with van der Waals surface area (Å²) < 4.78 is 0. The summed E-state index contributed by atoms with van der Waals surface area (Å²) in [5, 5.41) is 22.8. The molecule has 0 fully saturated rings. The first kappa shape index (κ1) is 13.6. The highest BCUT2D eigenvalue weighted by Crippen LogP contribution is 2.22. The second-order valence-corrected chi connectivity index (χ2v) is 4.44. The number of nitrogens with zero attached hydrogens (tertiary/aromatic N) is 2. The average Bonchev–Trinajstić information content (AvgIpc) is 2.45. The summed E-state index contributed by atoms with van der Waals surface area (Å²) in [6.45, 7) is 2.58. The fourth-order valence-corrected chi connectivity index (χ4v) is 1.91. The van der Waals surface area contributed by atoms with Crippen LogP contribution in [0.25, 0.3) is 0 Å². The molecule has 0 aliphatic heterocycles. The molecule has 2 rings (SSSR count). The lowest BCUT2D eigenvalue weighted by Crippen LogP contribution is -2.01. The second kappa shape index (κ2) is 5.85. The number of nitro benzene ring substituents is 1. The highest BCUT2D eigenvalue weighted by Gasteiger charge is 2.13. The lowest BCUT2D eigenvalue weighted by atomic mass is 10.1. The van der Waals surface area contributed by atoms with E-state index in [9.17, 15) is 10.1 Å². The summed E-state index contributed by atoms with van der Waals surface area (Å²) in [6.07, 6.45) is 0. The molecule has 0 bridgehead atoms. The van der Waals surface area contributed by atoms with Crippen LogP contribution in [-0.2, 0) is 6.54 Å². The van der Waals surface area contributed by atoms with Crippen molar-refractivity contribution in [3.05, 3.63) is 69.3 Å². The first-order valence-corrected chi connectivity index (χ1v) is 6.08. The van der Waals surface area contributed by atoms with Crippen LogP contribution >= 0.6 is 0 Å². The third kappa shape index (κ3) is 3.12. The van der Waals surface area contributed by atoms with Gasteiger partial charge >= 0.3 is 0 Å². The van der Waals surface area contributed by atoms with Crippen LogP contribution < -0.4 is 5.32 Å². The Morgan fingerprint density at radius 3 is 2.75 bits per heavy atom. The van der Waals surface area contributed by atoms with E-state index < -0.39 is 4.92 Å². The number of anilines is 1. The van der Waals surface area contributed by atoms with Gasteiger partial charge in [-0.3, -0.25) is 10.1 Å². The van der Waals surface area contributed by atoms with Crippen molar-refractivity contribution in [2.24, 2.45) is 0 Å². The fraction of sp³-hybridized carbons (Fsp3) is 0.133. The fourth-order valence-electron chi connectivity index (χ4n) is 1.91. The maximum absolute atomic E-state index is 10.9. The molecule has 0 unspecified atom stereocenters. The molecule has 5 nitrogen and oxygen atoms in total. The average molecular weight is 267 g/mol. The van der Waals surface area contributed by atoms with Crippen molar-refractivity contribution in [3.63, 3.8) is 0 Å². The lowest BCUT2D eigenvalue weighted by molar-refractivity contribution is -0.385. The molecule has 0 radical (unpaired) electrons. The Balaban J connectivity index is 2.16. The van der Waals surface area contributed by atoms with Crippen LogP contribution in [0.15, 0.2) is 42.5 Å². The number of nitro groups is 1. The highest BCUT2D eigenvalue weighted by atomic mass is 16.6. The van der Waals surface area contributed by atoms with Crippen molar-refractivity contribution in [3.8, 4) is 6.07 Å². The van der Waals surface area contributed by atoms with Gasteiger partial charge in [0.1, 0.15) is 11.6 Å². The van der Waals surface area contributed by atoms with E-state index >= 15 is 0 Å². The number of nitriles is 1. The molecule has 0 saturated heterocycles. The van der Waals surface area contributed by atoms with Gasteiger partial charge < -0.3 is 5.32 Å². The zero-order valence-electron chi connectivity index (χ0n) is 11.0. The van der Waals surface area contributed by atoms with E-state index in [1.165, 1.54) is 12.1 Å². The van der Waals surface area contributed by atoms with Gasteiger partial charge in [-0.05, 0) is 24.6 Å². The third-order valence-corrected chi connectivity index (χ3v) is 2.89. The summed E-state index contributed by atoms with van der Waals surface area (Å²) in [7, 11) is 0. The summed E-state index contributed by atoms with van der Waals surface area (Å²) in [5.74, 6) is 0. The van der Waals surface area contributed by atoms with E-state index in [-0.39, 0.29) is 11.3 Å². The molecule has 20 heavy (non-hydrogen) atoms. The van der Waals surface area contributed by atoms with Crippen LogP contribution in [0, 0.1) is 28.4 Å². The molecular formula is C15H13N3O2. The molecule has 0 amide bonds. The molecule has 0 aromatic heterocycles. The van der Waals surface area contributed by atoms with E-state index in [1.54, 1.807) is 6.07 Å². The SMILES string of the molecule is Cc1cccc(CNc2ccc(C#N)c([N+](=O)[O-])c2)c1. The minimum atomic E-state index is -0.545. The Bertz CT molecular complexity index is 690. The Labute approximate surface area is 116 Å². The third-order valence-electron chi connectivity index (χ3n) is 2.89. The summed E-state index contributed by atoms with van der Waals surface area (Å²) in [5.41, 5.74) is 2.77. The van der Waals surface area contributed by atoms with Gasteiger partial charge in [-0.2, -0.15) is 5.26 Å². The normalized spacial score (nSPS) is 9.80. The van der Waals surface area contributed by atoms with Crippen LogP contribution in [0.1, 0.15) is 16.7 Å². The Hall–Kier alpha value is -2.87. The Morgan fingerprint density at radius 2 is 2.10 bits per heavy atom. The van der Waals surface area contributed by atoms with Crippen LogP contribution in [0.5, 0.6) is 0 Å². The molecule has 0 saturated carbocycles. The van der Waals surface area contributed by atoms with E-state index in [1.807, 2.05) is 37.3 Å². The van der Waals surface area contributed by atoms with Crippen molar-refractivity contribution < 1.29 is 4.92 Å². The van der Waals surface area contributed by atoms with Crippen molar-refractivity contribution in [2.45, 2.75) is 13.5 Å². The van der Waals surface area contributed by atoms with Gasteiger partial charge in [0.2, 0.25) is 0 Å². The van der Waals surface area contributed by atoms with Crippen molar-refractivity contribution in [1.29, 1.82) is 5.26 Å². The zero-order valence-corrected chi connectivity index (χ0v) is 11.0. The molecule has 1 N–H and O–H groups in total. The number of hydrogen-bond acceptors (Lipinski definition) is 4. The predicted octanol–water partition coefficient (Wildman–Crippen LogP) is 3.39. The smallest absolute Gasteiger partial charge is 0.289 e. The molecule has 100 valence electrons. The van der Waals surface area contributed by atoms with Gasteiger partial charge in [-0.15, -0.1) is 0 Å². The van der Waals surface area contributed by atoms with E-state index in [2.05, 4.69) is 5.32 Å². The maximum Gasteiger partial charge on any atom is 0.289 e. The van der Waals surface area contributed by atoms with Crippen molar-refractivity contribution in [1.82, 2.24) is 0 Å². The van der Waals surface area contributed by atoms with Gasteiger partial charge in [0, 0.05) is 18.3 Å². The van der Waals surface area contributed by atoms with Crippen LogP contribution in [0.4, 0.5) is 11.4 Å². The molecule has 0 atom stereocenters. The van der Waals surface area contributed by atoms with E-state index in [0.717, 1.165) is 11.1 Å². The van der Waals surface area contributed by atoms with Gasteiger partial charge in [0.25, 0.3) is 5.69 Å². The topological polar surface area (TPSA) is 79.0 Å². The zero-order chi connectivity index (χ0) is 14.5. The summed E-state index contributed by atoms with van der Waals surface area (Å²) in [4.78, 5) is 10.3. The Kier molecular flexibility index (Phi) is 3.96. The second-order valence-electron chi connectivity index (χ2n) is 4.44. The van der Waals surface area contributed by atoms with Gasteiger partial charge in [0.15, 0.2) is 0 Å². The van der Waals surface area contributed by atoms with E-state index in [0.29, 0.717) is 12.2 Å². The number of nitrogens with one attached hydrogen (secondary N) is 1. The van der Waals surface area contributed by atoms with Crippen molar-refractivity contribution >= 4 is 11.4 Å². The molecule has 0 aliphatic rings. The quantitative estimate of drug-likeness (QED) is 0.680. The number of rotatable bonds is 4. The molecular weight excluding hydrogens is 254 g/mol. The highest BCUT2D eigenvalue weighted by molar-refractivity contribution is 5.59. The first-order chi connectivity index (χ1) is 9.60. The first-order valence-electron chi connectivity index (χ1n) is 6.08. The molecule has 2 aromatic carbocycles. The number of aryl methyl sites for hydroxylation is 1.